The number of carbonyl (C=O) groups is 1. The molecule has 0 bridgehead atoms. The summed E-state index contributed by atoms with van der Waals surface area (Å²) in [4.78, 5) is 11.2. The van der Waals surface area contributed by atoms with Crippen LogP contribution in [0.25, 0.3) is 0 Å². The third-order valence-corrected chi connectivity index (χ3v) is 4.19. The fourth-order valence-corrected chi connectivity index (χ4v) is 1.79. The average Bonchev–Trinajstić information content (AvgIpc) is 2.27. The summed E-state index contributed by atoms with van der Waals surface area (Å²) in [7, 11) is 0. The van der Waals surface area contributed by atoms with E-state index < -0.39 is 11.4 Å². The van der Waals surface area contributed by atoms with Crippen molar-refractivity contribution in [2.75, 3.05) is 6.54 Å². The van der Waals surface area contributed by atoms with Crippen LogP contribution < -0.4 is 5.32 Å². The molecule has 0 heterocycles. The van der Waals surface area contributed by atoms with Gasteiger partial charge in [-0.05, 0) is 40.7 Å². The van der Waals surface area contributed by atoms with Gasteiger partial charge in [0.2, 0.25) is 0 Å². The zero-order valence-electron chi connectivity index (χ0n) is 12.8. The highest BCUT2D eigenvalue weighted by Crippen LogP contribution is 2.30. The van der Waals surface area contributed by atoms with Gasteiger partial charge in [0.05, 0.1) is 5.41 Å². The summed E-state index contributed by atoms with van der Waals surface area (Å²) in [5, 5.41) is 12.6. The van der Waals surface area contributed by atoms with E-state index in [2.05, 4.69) is 12.2 Å². The molecule has 0 radical (unpaired) electrons. The second-order valence-electron chi connectivity index (χ2n) is 6.25. The van der Waals surface area contributed by atoms with E-state index in [0.29, 0.717) is 0 Å². The Bertz CT molecular complexity index is 247. The molecular formula is C15H31NO2. The van der Waals surface area contributed by atoms with Gasteiger partial charge in [-0.1, -0.05) is 39.0 Å². The molecule has 0 aliphatic carbocycles. The van der Waals surface area contributed by atoms with Crippen LogP contribution in [-0.2, 0) is 4.79 Å². The molecule has 3 heteroatoms. The first-order valence-corrected chi connectivity index (χ1v) is 7.24. The second-order valence-corrected chi connectivity index (χ2v) is 6.25. The van der Waals surface area contributed by atoms with E-state index in [-0.39, 0.29) is 5.54 Å². The molecule has 0 spiro atoms. The van der Waals surface area contributed by atoms with Gasteiger partial charge in [-0.2, -0.15) is 0 Å². The van der Waals surface area contributed by atoms with Crippen LogP contribution in [0.3, 0.4) is 0 Å². The molecule has 0 saturated heterocycles. The van der Waals surface area contributed by atoms with Crippen molar-refractivity contribution < 1.29 is 9.90 Å². The van der Waals surface area contributed by atoms with Gasteiger partial charge in [0.1, 0.15) is 0 Å². The highest BCUT2D eigenvalue weighted by Gasteiger charge is 2.42. The van der Waals surface area contributed by atoms with Crippen molar-refractivity contribution in [3.63, 3.8) is 0 Å². The lowest BCUT2D eigenvalue weighted by atomic mass is 9.74. The zero-order chi connectivity index (χ0) is 14.2. The van der Waals surface area contributed by atoms with Crippen LogP contribution in [0, 0.1) is 5.41 Å². The largest absolute Gasteiger partial charge is 0.481 e. The van der Waals surface area contributed by atoms with Crippen molar-refractivity contribution in [1.82, 2.24) is 5.32 Å². The highest BCUT2D eigenvalue weighted by molar-refractivity contribution is 5.75. The van der Waals surface area contributed by atoms with Crippen LogP contribution in [0.1, 0.15) is 73.1 Å². The van der Waals surface area contributed by atoms with E-state index in [1.54, 1.807) is 13.8 Å². The standard InChI is InChI=1S/C15H31NO2/c1-6-7-8-9-10-11-12-16-15(4,5)14(2,3)13(17)18/h16H,6-12H2,1-5H3,(H,17,18). The summed E-state index contributed by atoms with van der Waals surface area (Å²) < 4.78 is 0. The number of carboxylic acid groups (broad SMARTS) is 1. The number of unbranched alkanes of at least 4 members (excludes halogenated alkanes) is 5. The van der Waals surface area contributed by atoms with Gasteiger partial charge in [-0.3, -0.25) is 4.79 Å². The van der Waals surface area contributed by atoms with Crippen molar-refractivity contribution >= 4 is 5.97 Å². The number of hydrogen-bond acceptors (Lipinski definition) is 2. The Morgan fingerprint density at radius 2 is 1.50 bits per heavy atom. The normalized spacial score (nSPS) is 12.7. The van der Waals surface area contributed by atoms with Gasteiger partial charge in [-0.25, -0.2) is 0 Å². The lowest BCUT2D eigenvalue weighted by Crippen LogP contribution is -2.55. The maximum Gasteiger partial charge on any atom is 0.310 e. The Morgan fingerprint density at radius 1 is 1.00 bits per heavy atom. The third kappa shape index (κ3) is 5.38. The minimum absolute atomic E-state index is 0.387. The van der Waals surface area contributed by atoms with Crippen molar-refractivity contribution in [3.05, 3.63) is 0 Å². The van der Waals surface area contributed by atoms with Crippen LogP contribution in [0.2, 0.25) is 0 Å². The second kappa shape index (κ2) is 7.78. The van der Waals surface area contributed by atoms with E-state index in [9.17, 15) is 9.90 Å². The number of hydrogen-bond donors (Lipinski definition) is 2. The molecule has 18 heavy (non-hydrogen) atoms. The number of nitrogens with one attached hydrogen (secondary N) is 1. The third-order valence-electron chi connectivity index (χ3n) is 4.19. The van der Waals surface area contributed by atoms with Crippen molar-refractivity contribution in [3.8, 4) is 0 Å². The van der Waals surface area contributed by atoms with Gasteiger partial charge >= 0.3 is 5.97 Å². The molecule has 0 saturated carbocycles. The van der Waals surface area contributed by atoms with Gasteiger partial charge < -0.3 is 10.4 Å². The zero-order valence-corrected chi connectivity index (χ0v) is 12.8. The summed E-state index contributed by atoms with van der Waals surface area (Å²) in [5.74, 6) is -0.747. The van der Waals surface area contributed by atoms with E-state index in [1.165, 1.54) is 32.1 Å². The first kappa shape index (κ1) is 17.4. The quantitative estimate of drug-likeness (QED) is 0.585. The summed E-state index contributed by atoms with van der Waals surface area (Å²) in [6, 6.07) is 0. The molecule has 0 unspecified atom stereocenters. The maximum atomic E-state index is 11.2. The van der Waals surface area contributed by atoms with E-state index in [4.69, 9.17) is 0 Å². The van der Waals surface area contributed by atoms with Gasteiger partial charge in [0, 0.05) is 5.54 Å². The maximum absolute atomic E-state index is 11.2. The number of rotatable bonds is 10. The first-order chi connectivity index (χ1) is 8.25. The van der Waals surface area contributed by atoms with E-state index in [0.717, 1.165) is 13.0 Å². The van der Waals surface area contributed by atoms with Crippen molar-refractivity contribution in [1.29, 1.82) is 0 Å². The Kier molecular flexibility index (Phi) is 7.53. The Balaban J connectivity index is 3.88. The van der Waals surface area contributed by atoms with Gasteiger partial charge in [0.15, 0.2) is 0 Å². The highest BCUT2D eigenvalue weighted by atomic mass is 16.4. The molecule has 2 N–H and O–H groups in total. The van der Waals surface area contributed by atoms with Crippen LogP contribution in [-0.4, -0.2) is 23.2 Å². The molecule has 0 fully saturated rings. The predicted octanol–water partition coefficient (Wildman–Crippen LogP) is 3.83. The van der Waals surface area contributed by atoms with Crippen LogP contribution in [0.15, 0.2) is 0 Å². The van der Waals surface area contributed by atoms with Crippen LogP contribution in [0.4, 0.5) is 0 Å². The smallest absolute Gasteiger partial charge is 0.310 e. The predicted molar refractivity (Wildman–Crippen MR) is 76.9 cm³/mol. The molecule has 108 valence electrons. The van der Waals surface area contributed by atoms with Crippen LogP contribution in [0.5, 0.6) is 0 Å². The molecule has 0 aliphatic heterocycles. The molecule has 0 aromatic rings. The van der Waals surface area contributed by atoms with Crippen molar-refractivity contribution in [2.45, 2.75) is 78.7 Å². The van der Waals surface area contributed by atoms with E-state index >= 15 is 0 Å². The molecule has 3 nitrogen and oxygen atoms in total. The molecule has 0 amide bonds. The Morgan fingerprint density at radius 3 is 2.00 bits per heavy atom. The van der Waals surface area contributed by atoms with Gasteiger partial charge in [0.25, 0.3) is 0 Å². The summed E-state index contributed by atoms with van der Waals surface area (Å²) in [6.07, 6.45) is 7.57. The minimum Gasteiger partial charge on any atom is -0.481 e. The topological polar surface area (TPSA) is 49.3 Å². The SMILES string of the molecule is CCCCCCCCNC(C)(C)C(C)(C)C(=O)O. The lowest BCUT2D eigenvalue weighted by Gasteiger charge is -2.39. The lowest BCUT2D eigenvalue weighted by molar-refractivity contribution is -0.151. The molecule has 0 atom stereocenters. The molecule has 0 aromatic heterocycles. The Hall–Kier alpha value is -0.570. The Labute approximate surface area is 112 Å². The number of aliphatic carboxylic acids is 1. The minimum atomic E-state index is -0.755. The molecule has 0 aromatic carbocycles. The molecule has 0 aliphatic rings. The van der Waals surface area contributed by atoms with E-state index in [1.807, 2.05) is 13.8 Å². The van der Waals surface area contributed by atoms with Crippen molar-refractivity contribution in [2.24, 2.45) is 5.41 Å². The average molecular weight is 257 g/mol. The monoisotopic (exact) mass is 257 g/mol. The fourth-order valence-electron chi connectivity index (χ4n) is 1.79. The molecule has 0 rings (SSSR count). The summed E-state index contributed by atoms with van der Waals surface area (Å²) in [5.41, 5.74) is -1.14. The number of carboxylic acids is 1. The fraction of sp³-hybridized carbons (Fsp3) is 0.933. The first-order valence-electron chi connectivity index (χ1n) is 7.24. The summed E-state index contributed by atoms with van der Waals surface area (Å²) >= 11 is 0. The van der Waals surface area contributed by atoms with Crippen LogP contribution >= 0.6 is 0 Å². The molecular weight excluding hydrogens is 226 g/mol. The van der Waals surface area contributed by atoms with Gasteiger partial charge in [-0.15, -0.1) is 0 Å². The summed E-state index contributed by atoms with van der Waals surface area (Å²) in [6.45, 7) is 10.6.